The van der Waals surface area contributed by atoms with Gasteiger partial charge in [-0.15, -0.1) is 13.2 Å². The number of nitriles is 2. The lowest BCUT2D eigenvalue weighted by atomic mass is 10.2. The van der Waals surface area contributed by atoms with Crippen molar-refractivity contribution in [1.82, 2.24) is 0 Å². The van der Waals surface area contributed by atoms with Gasteiger partial charge in [0.15, 0.2) is 11.6 Å². The number of nitrogens with zero attached hydrogens (tertiary/aromatic N) is 2. The average molecular weight is 350 g/mol. The highest BCUT2D eigenvalue weighted by molar-refractivity contribution is 9.10. The van der Waals surface area contributed by atoms with Crippen molar-refractivity contribution >= 4 is 21.6 Å². The van der Waals surface area contributed by atoms with E-state index in [1.54, 1.807) is 0 Å². The Morgan fingerprint density at radius 2 is 1.90 bits per heavy atom. The molecular weight excluding hydrogens is 346 g/mol. The lowest BCUT2D eigenvalue weighted by Crippen LogP contribution is -2.19. The van der Waals surface area contributed by atoms with Crippen LogP contribution in [0.2, 0.25) is 0 Å². The van der Waals surface area contributed by atoms with Crippen molar-refractivity contribution < 1.29 is 22.3 Å². The van der Waals surface area contributed by atoms with E-state index in [0.29, 0.717) is 0 Å². The molecule has 0 fully saturated rings. The maximum atomic E-state index is 13.4. The molecule has 1 aromatic rings. The van der Waals surface area contributed by atoms with Gasteiger partial charge >= 0.3 is 6.36 Å². The van der Waals surface area contributed by atoms with Crippen molar-refractivity contribution in [3.05, 3.63) is 34.2 Å². The molecule has 1 N–H and O–H groups in total. The predicted octanol–water partition coefficient (Wildman–Crippen LogP) is 3.83. The first kappa shape index (κ1) is 15.8. The van der Waals surface area contributed by atoms with E-state index >= 15 is 0 Å². The zero-order chi connectivity index (χ0) is 15.3. The number of alkyl halides is 3. The van der Waals surface area contributed by atoms with Gasteiger partial charge in [-0.2, -0.15) is 10.5 Å². The molecule has 104 valence electrons. The molecule has 0 saturated heterocycles. The number of halogens is 5. The summed E-state index contributed by atoms with van der Waals surface area (Å²) in [5, 5.41) is 19.2. The summed E-state index contributed by atoms with van der Waals surface area (Å²) in [4.78, 5) is 0. The molecule has 0 aliphatic rings. The number of anilines is 1. The van der Waals surface area contributed by atoms with Gasteiger partial charge < -0.3 is 10.1 Å². The molecule has 0 amide bonds. The smallest absolute Gasteiger partial charge is 0.400 e. The molecule has 0 aromatic heterocycles. The number of rotatable bonds is 3. The monoisotopic (exact) mass is 349 g/mol. The fraction of sp³-hybridized carbons (Fsp3) is 0.0909. The third kappa shape index (κ3) is 4.14. The summed E-state index contributed by atoms with van der Waals surface area (Å²) in [6.07, 6.45) is -4.25. The van der Waals surface area contributed by atoms with Gasteiger partial charge in [0.2, 0.25) is 0 Å². The molecule has 0 heterocycles. The standard InChI is InChI=1S/C11H4BrF4N3O/c12-7-1-2-8(13)10(20-11(14,15)16)9(7)19-5-6(3-17)4-18/h1-2,5,19H. The molecule has 20 heavy (non-hydrogen) atoms. The molecule has 0 spiro atoms. The van der Waals surface area contributed by atoms with Crippen LogP contribution in [0.4, 0.5) is 23.2 Å². The Kier molecular flexibility index (Phi) is 4.94. The normalized spacial score (nSPS) is 10.2. The quantitative estimate of drug-likeness (QED) is 0.665. The Balaban J connectivity index is 3.25. The topological polar surface area (TPSA) is 68.8 Å². The van der Waals surface area contributed by atoms with Gasteiger partial charge in [0.25, 0.3) is 0 Å². The van der Waals surface area contributed by atoms with Crippen molar-refractivity contribution in [2.24, 2.45) is 0 Å². The minimum Gasteiger partial charge on any atom is -0.400 e. The highest BCUT2D eigenvalue weighted by atomic mass is 79.9. The summed E-state index contributed by atoms with van der Waals surface area (Å²) in [5.41, 5.74) is -0.801. The van der Waals surface area contributed by atoms with Crippen molar-refractivity contribution in [1.29, 1.82) is 10.5 Å². The van der Waals surface area contributed by atoms with Crippen LogP contribution in [0.25, 0.3) is 0 Å². The SMILES string of the molecule is N#CC(C#N)=CNc1c(Br)ccc(F)c1OC(F)(F)F. The van der Waals surface area contributed by atoms with Gasteiger partial charge in [0.05, 0.1) is 5.69 Å². The van der Waals surface area contributed by atoms with Gasteiger partial charge in [0.1, 0.15) is 17.7 Å². The third-order valence-corrected chi connectivity index (χ3v) is 2.54. The number of ether oxygens (including phenoxy) is 1. The summed E-state index contributed by atoms with van der Waals surface area (Å²) in [7, 11) is 0. The van der Waals surface area contributed by atoms with E-state index in [-0.39, 0.29) is 4.47 Å². The van der Waals surface area contributed by atoms with E-state index in [1.165, 1.54) is 12.1 Å². The maximum absolute atomic E-state index is 13.4. The van der Waals surface area contributed by atoms with E-state index < -0.39 is 29.2 Å². The van der Waals surface area contributed by atoms with E-state index in [0.717, 1.165) is 18.3 Å². The Hall–Kier alpha value is -2.26. The molecule has 0 unspecified atom stereocenters. The molecule has 0 aliphatic carbocycles. The zero-order valence-electron chi connectivity index (χ0n) is 9.42. The lowest BCUT2D eigenvalue weighted by Gasteiger charge is -2.15. The van der Waals surface area contributed by atoms with Crippen LogP contribution < -0.4 is 10.1 Å². The Morgan fingerprint density at radius 1 is 1.30 bits per heavy atom. The van der Waals surface area contributed by atoms with Crippen LogP contribution in [0.15, 0.2) is 28.4 Å². The number of nitrogens with one attached hydrogen (secondary N) is 1. The second-order valence-electron chi connectivity index (χ2n) is 3.21. The summed E-state index contributed by atoms with van der Waals surface area (Å²) in [6.45, 7) is 0. The van der Waals surface area contributed by atoms with Crippen LogP contribution in [-0.4, -0.2) is 6.36 Å². The van der Waals surface area contributed by atoms with E-state index in [4.69, 9.17) is 10.5 Å². The Bertz CT molecular complexity index is 612. The molecule has 0 radical (unpaired) electrons. The van der Waals surface area contributed by atoms with Crippen molar-refractivity contribution in [3.63, 3.8) is 0 Å². The summed E-state index contributed by atoms with van der Waals surface area (Å²) < 4.78 is 53.7. The van der Waals surface area contributed by atoms with E-state index in [2.05, 4.69) is 26.0 Å². The highest BCUT2D eigenvalue weighted by Crippen LogP contribution is 2.38. The molecule has 9 heteroatoms. The zero-order valence-corrected chi connectivity index (χ0v) is 11.0. The molecule has 1 aromatic carbocycles. The van der Waals surface area contributed by atoms with Crippen molar-refractivity contribution in [2.45, 2.75) is 6.36 Å². The maximum Gasteiger partial charge on any atom is 0.573 e. The van der Waals surface area contributed by atoms with Gasteiger partial charge in [-0.05, 0) is 28.1 Å². The Labute approximate surface area is 119 Å². The van der Waals surface area contributed by atoms with E-state index in [9.17, 15) is 17.6 Å². The van der Waals surface area contributed by atoms with Crippen LogP contribution in [0.1, 0.15) is 0 Å². The van der Waals surface area contributed by atoms with Crippen LogP contribution >= 0.6 is 15.9 Å². The van der Waals surface area contributed by atoms with Gasteiger partial charge in [-0.1, -0.05) is 0 Å². The van der Waals surface area contributed by atoms with Crippen LogP contribution in [0.3, 0.4) is 0 Å². The summed E-state index contributed by atoms with van der Waals surface area (Å²) >= 11 is 2.91. The summed E-state index contributed by atoms with van der Waals surface area (Å²) in [5.74, 6) is -2.35. The lowest BCUT2D eigenvalue weighted by molar-refractivity contribution is -0.275. The van der Waals surface area contributed by atoms with E-state index in [1.807, 2.05) is 0 Å². The molecule has 0 aliphatic heterocycles. The first-order chi connectivity index (χ1) is 9.28. The predicted molar refractivity (Wildman–Crippen MR) is 63.7 cm³/mol. The second-order valence-corrected chi connectivity index (χ2v) is 4.06. The molecule has 0 atom stereocenters. The number of allylic oxidation sites excluding steroid dienone is 1. The first-order valence-electron chi connectivity index (χ1n) is 4.79. The molecule has 0 saturated carbocycles. The van der Waals surface area contributed by atoms with Crippen molar-refractivity contribution in [3.8, 4) is 17.9 Å². The number of hydrogen-bond donors (Lipinski definition) is 1. The minimum absolute atomic E-state index is 0.0598. The fourth-order valence-corrected chi connectivity index (χ4v) is 1.54. The Morgan fingerprint density at radius 3 is 2.40 bits per heavy atom. The number of hydrogen-bond acceptors (Lipinski definition) is 4. The van der Waals surface area contributed by atoms with Gasteiger partial charge in [-0.25, -0.2) is 4.39 Å². The van der Waals surface area contributed by atoms with Crippen LogP contribution in [0.5, 0.6) is 5.75 Å². The first-order valence-corrected chi connectivity index (χ1v) is 5.58. The van der Waals surface area contributed by atoms with Crippen LogP contribution in [-0.2, 0) is 0 Å². The fourth-order valence-electron chi connectivity index (χ4n) is 1.12. The van der Waals surface area contributed by atoms with Crippen LogP contribution in [0, 0.1) is 28.5 Å². The number of benzene rings is 1. The molecular formula is C11H4BrF4N3O. The average Bonchev–Trinajstić information content (AvgIpc) is 2.36. The molecule has 1 rings (SSSR count). The van der Waals surface area contributed by atoms with Gasteiger partial charge in [0, 0.05) is 10.7 Å². The largest absolute Gasteiger partial charge is 0.573 e. The van der Waals surface area contributed by atoms with Gasteiger partial charge in [-0.3, -0.25) is 0 Å². The molecule has 4 nitrogen and oxygen atoms in total. The highest BCUT2D eigenvalue weighted by Gasteiger charge is 2.34. The van der Waals surface area contributed by atoms with Crippen molar-refractivity contribution in [2.75, 3.05) is 5.32 Å². The summed E-state index contributed by atoms with van der Waals surface area (Å²) in [6, 6.07) is 4.90. The third-order valence-electron chi connectivity index (χ3n) is 1.88. The molecule has 0 bridgehead atoms. The minimum atomic E-state index is -5.09. The second kappa shape index (κ2) is 6.26.